The average molecular weight is 359 g/mol. The van der Waals surface area contributed by atoms with E-state index in [0.29, 0.717) is 28.7 Å². The Morgan fingerprint density at radius 3 is 2.30 bits per heavy atom. The highest BCUT2D eigenvalue weighted by Crippen LogP contribution is 2.23. The van der Waals surface area contributed by atoms with Crippen LogP contribution in [0.25, 0.3) is 0 Å². The SMILES string of the molecule is Cc1nc(Nc2ccc(OC(C)C)cc2)cc(Nc2ccccc2C#N)n1. The molecule has 0 amide bonds. The predicted molar refractivity (Wildman–Crippen MR) is 107 cm³/mol. The lowest BCUT2D eigenvalue weighted by atomic mass is 10.2. The van der Waals surface area contributed by atoms with Gasteiger partial charge in [0.1, 0.15) is 29.3 Å². The molecule has 0 saturated carbocycles. The van der Waals surface area contributed by atoms with E-state index in [1.54, 1.807) is 12.1 Å². The molecular weight excluding hydrogens is 338 g/mol. The third kappa shape index (κ3) is 4.95. The fraction of sp³-hybridized carbons (Fsp3) is 0.190. The summed E-state index contributed by atoms with van der Waals surface area (Å²) in [5, 5.41) is 15.7. The summed E-state index contributed by atoms with van der Waals surface area (Å²) in [6, 6.07) is 19.0. The molecule has 1 heterocycles. The van der Waals surface area contributed by atoms with Gasteiger partial charge in [0.25, 0.3) is 0 Å². The Morgan fingerprint density at radius 1 is 0.963 bits per heavy atom. The summed E-state index contributed by atoms with van der Waals surface area (Å²) in [6.07, 6.45) is 0.137. The number of anilines is 4. The van der Waals surface area contributed by atoms with Crippen molar-refractivity contribution < 1.29 is 4.74 Å². The zero-order chi connectivity index (χ0) is 19.2. The Kier molecular flexibility index (Phi) is 5.53. The Labute approximate surface area is 158 Å². The minimum absolute atomic E-state index is 0.137. The van der Waals surface area contributed by atoms with Crippen LogP contribution < -0.4 is 15.4 Å². The first-order valence-corrected chi connectivity index (χ1v) is 8.69. The Hall–Kier alpha value is -3.59. The van der Waals surface area contributed by atoms with Gasteiger partial charge in [0.15, 0.2) is 0 Å². The van der Waals surface area contributed by atoms with E-state index in [2.05, 4.69) is 26.7 Å². The smallest absolute Gasteiger partial charge is 0.136 e. The number of rotatable bonds is 6. The van der Waals surface area contributed by atoms with Gasteiger partial charge < -0.3 is 15.4 Å². The van der Waals surface area contributed by atoms with E-state index >= 15 is 0 Å². The molecule has 0 aliphatic carbocycles. The molecule has 0 aliphatic rings. The molecule has 0 fully saturated rings. The average Bonchev–Trinajstić information content (AvgIpc) is 2.63. The predicted octanol–water partition coefficient (Wildman–Crippen LogP) is 4.93. The standard InChI is InChI=1S/C21H21N5O/c1-14(2)27-18-10-8-17(9-11-18)25-20-12-21(24-15(3)23-20)26-19-7-5-4-6-16(19)13-22/h4-12,14H,1-3H3,(H2,23,24,25,26). The van der Waals surface area contributed by atoms with Crippen LogP contribution in [0.2, 0.25) is 0 Å². The largest absolute Gasteiger partial charge is 0.491 e. The maximum absolute atomic E-state index is 9.23. The van der Waals surface area contributed by atoms with Gasteiger partial charge in [0.05, 0.1) is 17.4 Å². The Bertz CT molecular complexity index is 961. The lowest BCUT2D eigenvalue weighted by Crippen LogP contribution is -2.05. The molecule has 0 aliphatic heterocycles. The summed E-state index contributed by atoms with van der Waals surface area (Å²) < 4.78 is 5.66. The summed E-state index contributed by atoms with van der Waals surface area (Å²) >= 11 is 0. The second kappa shape index (κ2) is 8.19. The van der Waals surface area contributed by atoms with Crippen molar-refractivity contribution >= 4 is 23.0 Å². The molecule has 2 N–H and O–H groups in total. The molecule has 0 radical (unpaired) electrons. The summed E-state index contributed by atoms with van der Waals surface area (Å²) in [4.78, 5) is 8.83. The van der Waals surface area contributed by atoms with Crippen molar-refractivity contribution in [1.82, 2.24) is 9.97 Å². The van der Waals surface area contributed by atoms with Gasteiger partial charge >= 0.3 is 0 Å². The number of nitrogens with zero attached hydrogens (tertiary/aromatic N) is 3. The lowest BCUT2D eigenvalue weighted by molar-refractivity contribution is 0.242. The molecule has 0 bridgehead atoms. The second-order valence-corrected chi connectivity index (χ2v) is 6.28. The summed E-state index contributed by atoms with van der Waals surface area (Å²) in [6.45, 7) is 5.82. The minimum atomic E-state index is 0.137. The number of nitrogens with one attached hydrogen (secondary N) is 2. The van der Waals surface area contributed by atoms with Crippen molar-refractivity contribution in [2.45, 2.75) is 26.9 Å². The van der Waals surface area contributed by atoms with Crippen molar-refractivity contribution in [2.75, 3.05) is 10.6 Å². The number of benzene rings is 2. The van der Waals surface area contributed by atoms with Crippen molar-refractivity contribution in [3.63, 3.8) is 0 Å². The van der Waals surface area contributed by atoms with Crippen molar-refractivity contribution in [2.24, 2.45) is 0 Å². The van der Waals surface area contributed by atoms with Gasteiger partial charge in [0, 0.05) is 11.8 Å². The highest BCUT2D eigenvalue weighted by Gasteiger charge is 2.06. The summed E-state index contributed by atoms with van der Waals surface area (Å²) in [7, 11) is 0. The molecule has 6 heteroatoms. The number of hydrogen-bond acceptors (Lipinski definition) is 6. The number of ether oxygens (including phenoxy) is 1. The highest BCUT2D eigenvalue weighted by atomic mass is 16.5. The van der Waals surface area contributed by atoms with Crippen LogP contribution in [0, 0.1) is 18.3 Å². The normalized spacial score (nSPS) is 10.3. The van der Waals surface area contributed by atoms with Gasteiger partial charge in [-0.25, -0.2) is 9.97 Å². The number of nitriles is 1. The van der Waals surface area contributed by atoms with E-state index in [1.165, 1.54) is 0 Å². The van der Waals surface area contributed by atoms with Gasteiger partial charge in [-0.05, 0) is 57.2 Å². The molecule has 0 unspecified atom stereocenters. The number of aromatic nitrogens is 2. The maximum atomic E-state index is 9.23. The minimum Gasteiger partial charge on any atom is -0.491 e. The molecule has 0 atom stereocenters. The molecule has 136 valence electrons. The first kappa shape index (κ1) is 18.2. The van der Waals surface area contributed by atoms with E-state index < -0.39 is 0 Å². The first-order valence-electron chi connectivity index (χ1n) is 8.69. The van der Waals surface area contributed by atoms with Crippen LogP contribution in [0.15, 0.2) is 54.6 Å². The zero-order valence-corrected chi connectivity index (χ0v) is 15.5. The van der Waals surface area contributed by atoms with Gasteiger partial charge in [-0.3, -0.25) is 0 Å². The molecule has 1 aromatic heterocycles. The van der Waals surface area contributed by atoms with Crippen molar-refractivity contribution in [3.8, 4) is 11.8 Å². The van der Waals surface area contributed by atoms with Crippen LogP contribution in [0.5, 0.6) is 5.75 Å². The molecule has 0 spiro atoms. The highest BCUT2D eigenvalue weighted by molar-refractivity contribution is 5.67. The molecule has 6 nitrogen and oxygen atoms in total. The van der Waals surface area contributed by atoms with E-state index in [9.17, 15) is 5.26 Å². The molecule has 27 heavy (non-hydrogen) atoms. The number of hydrogen-bond donors (Lipinski definition) is 2. The van der Waals surface area contributed by atoms with Crippen LogP contribution in [0.3, 0.4) is 0 Å². The second-order valence-electron chi connectivity index (χ2n) is 6.28. The van der Waals surface area contributed by atoms with E-state index in [1.807, 2.05) is 63.2 Å². The molecule has 2 aromatic carbocycles. The van der Waals surface area contributed by atoms with E-state index in [-0.39, 0.29) is 6.10 Å². The van der Waals surface area contributed by atoms with Crippen molar-refractivity contribution in [3.05, 3.63) is 66.0 Å². The zero-order valence-electron chi connectivity index (χ0n) is 15.5. The maximum Gasteiger partial charge on any atom is 0.136 e. The lowest BCUT2D eigenvalue weighted by Gasteiger charge is -2.12. The molecule has 3 rings (SSSR count). The number of aryl methyl sites for hydroxylation is 1. The van der Waals surface area contributed by atoms with Crippen LogP contribution in [0.1, 0.15) is 25.2 Å². The Balaban J connectivity index is 1.78. The fourth-order valence-electron chi connectivity index (χ4n) is 2.56. The first-order chi connectivity index (χ1) is 13.0. The molecule has 3 aromatic rings. The fourth-order valence-corrected chi connectivity index (χ4v) is 2.56. The van der Waals surface area contributed by atoms with Gasteiger partial charge in [-0.1, -0.05) is 12.1 Å². The third-order valence-electron chi connectivity index (χ3n) is 3.65. The van der Waals surface area contributed by atoms with Crippen LogP contribution >= 0.6 is 0 Å². The van der Waals surface area contributed by atoms with Crippen molar-refractivity contribution in [1.29, 1.82) is 5.26 Å². The third-order valence-corrected chi connectivity index (χ3v) is 3.65. The molecule has 0 saturated heterocycles. The monoisotopic (exact) mass is 359 g/mol. The Morgan fingerprint density at radius 2 is 1.63 bits per heavy atom. The van der Waals surface area contributed by atoms with E-state index in [0.717, 1.165) is 11.4 Å². The van der Waals surface area contributed by atoms with Gasteiger partial charge in [-0.2, -0.15) is 5.26 Å². The van der Waals surface area contributed by atoms with Crippen LogP contribution in [0.4, 0.5) is 23.0 Å². The number of para-hydroxylation sites is 1. The van der Waals surface area contributed by atoms with Gasteiger partial charge in [-0.15, -0.1) is 0 Å². The van der Waals surface area contributed by atoms with E-state index in [4.69, 9.17) is 4.74 Å². The molecular formula is C21H21N5O. The van der Waals surface area contributed by atoms with Gasteiger partial charge in [0.2, 0.25) is 0 Å². The summed E-state index contributed by atoms with van der Waals surface area (Å²) in [5.74, 6) is 2.73. The quantitative estimate of drug-likeness (QED) is 0.649. The topological polar surface area (TPSA) is 82.9 Å². The van der Waals surface area contributed by atoms with Crippen LogP contribution in [-0.2, 0) is 0 Å². The van der Waals surface area contributed by atoms with Crippen LogP contribution in [-0.4, -0.2) is 16.1 Å². The summed E-state index contributed by atoms with van der Waals surface area (Å²) in [5.41, 5.74) is 2.16.